The molecule has 0 radical (unpaired) electrons. The third-order valence-corrected chi connectivity index (χ3v) is 2.91. The predicted molar refractivity (Wildman–Crippen MR) is 57.8 cm³/mol. The second-order valence-electron chi connectivity index (χ2n) is 4.46. The number of hydrogen-bond donors (Lipinski definition) is 0. The van der Waals surface area contributed by atoms with Crippen LogP contribution in [0.4, 0.5) is 18.9 Å². The molecule has 16 heavy (non-hydrogen) atoms. The molecule has 1 nitrogen and oxygen atoms in total. The summed E-state index contributed by atoms with van der Waals surface area (Å²) in [5.41, 5.74) is 3.67. The van der Waals surface area contributed by atoms with Gasteiger partial charge in [0, 0.05) is 12.2 Å². The van der Waals surface area contributed by atoms with E-state index in [9.17, 15) is 13.2 Å². The van der Waals surface area contributed by atoms with Gasteiger partial charge in [0.1, 0.15) is 6.04 Å². The molecule has 0 amide bonds. The van der Waals surface area contributed by atoms with Gasteiger partial charge >= 0.3 is 6.18 Å². The van der Waals surface area contributed by atoms with Crippen LogP contribution in [0.5, 0.6) is 0 Å². The summed E-state index contributed by atoms with van der Waals surface area (Å²) in [5.74, 6) is 0. The van der Waals surface area contributed by atoms with E-state index in [4.69, 9.17) is 0 Å². The van der Waals surface area contributed by atoms with E-state index < -0.39 is 12.2 Å². The van der Waals surface area contributed by atoms with Gasteiger partial charge in [0.15, 0.2) is 0 Å². The van der Waals surface area contributed by atoms with Crippen molar-refractivity contribution in [2.75, 3.05) is 11.4 Å². The van der Waals surface area contributed by atoms with Crippen LogP contribution in [0.1, 0.15) is 16.7 Å². The largest absolute Gasteiger partial charge is 0.410 e. The zero-order chi connectivity index (χ0) is 12.1. The highest BCUT2D eigenvalue weighted by Gasteiger charge is 2.55. The predicted octanol–water partition coefficient (Wildman–Crippen LogP) is 3.36. The quantitative estimate of drug-likeness (QED) is 0.667. The lowest BCUT2D eigenvalue weighted by molar-refractivity contribution is -0.126. The van der Waals surface area contributed by atoms with Gasteiger partial charge in [-0.15, -0.1) is 0 Å². The molecule has 0 aromatic heterocycles. The molecule has 1 aliphatic heterocycles. The number of halogens is 3. The van der Waals surface area contributed by atoms with Crippen LogP contribution >= 0.6 is 0 Å². The fraction of sp³-hybridized carbons (Fsp3) is 0.500. The van der Waals surface area contributed by atoms with E-state index in [0.29, 0.717) is 0 Å². The van der Waals surface area contributed by atoms with Gasteiger partial charge in [-0.1, -0.05) is 17.7 Å². The lowest BCUT2D eigenvalue weighted by atomic mass is 10.1. The minimum absolute atomic E-state index is 0.0915. The second kappa shape index (κ2) is 3.40. The summed E-state index contributed by atoms with van der Waals surface area (Å²) in [6.07, 6.45) is -4.11. The molecule has 0 saturated carbocycles. The van der Waals surface area contributed by atoms with Gasteiger partial charge in [0.2, 0.25) is 0 Å². The van der Waals surface area contributed by atoms with Crippen molar-refractivity contribution in [3.8, 4) is 0 Å². The van der Waals surface area contributed by atoms with Crippen LogP contribution in [0.3, 0.4) is 0 Å². The van der Waals surface area contributed by atoms with Gasteiger partial charge in [-0.05, 0) is 31.9 Å². The van der Waals surface area contributed by atoms with Gasteiger partial charge in [-0.25, -0.2) is 0 Å². The maximum absolute atomic E-state index is 12.5. The van der Waals surface area contributed by atoms with Crippen LogP contribution in [0.25, 0.3) is 0 Å². The molecule has 4 heteroatoms. The van der Waals surface area contributed by atoms with E-state index >= 15 is 0 Å². The number of hydrogen-bond acceptors (Lipinski definition) is 1. The highest BCUT2D eigenvalue weighted by atomic mass is 19.4. The number of anilines is 1. The summed E-state index contributed by atoms with van der Waals surface area (Å²) >= 11 is 0. The fourth-order valence-electron chi connectivity index (χ4n) is 2.29. The van der Waals surface area contributed by atoms with Crippen molar-refractivity contribution in [1.29, 1.82) is 0 Å². The smallest absolute Gasteiger partial charge is 0.356 e. The summed E-state index contributed by atoms with van der Waals surface area (Å²) in [6.45, 7) is 5.77. The Hall–Kier alpha value is -1.19. The summed E-state index contributed by atoms with van der Waals surface area (Å²) in [4.78, 5) is 1.42. The summed E-state index contributed by atoms with van der Waals surface area (Å²) in [6, 6.07) is 2.56. The molecule has 0 spiro atoms. The first kappa shape index (κ1) is 11.3. The SMILES string of the molecule is Cc1cc(C)c(N2CC2C(F)(F)F)c(C)c1. The van der Waals surface area contributed by atoms with Gasteiger partial charge in [-0.2, -0.15) is 13.2 Å². The average Bonchev–Trinajstić information content (AvgIpc) is 2.80. The van der Waals surface area contributed by atoms with Crippen molar-refractivity contribution in [2.45, 2.75) is 33.0 Å². The van der Waals surface area contributed by atoms with E-state index in [-0.39, 0.29) is 6.54 Å². The van der Waals surface area contributed by atoms with Crippen molar-refractivity contribution in [3.63, 3.8) is 0 Å². The zero-order valence-electron chi connectivity index (χ0n) is 9.52. The van der Waals surface area contributed by atoms with Crippen molar-refractivity contribution in [3.05, 3.63) is 28.8 Å². The number of nitrogens with zero attached hydrogens (tertiary/aromatic N) is 1. The van der Waals surface area contributed by atoms with Crippen molar-refractivity contribution in [1.82, 2.24) is 0 Å². The Kier molecular flexibility index (Phi) is 2.40. The number of alkyl halides is 3. The van der Waals surface area contributed by atoms with Crippen LogP contribution in [0.2, 0.25) is 0 Å². The Morgan fingerprint density at radius 2 is 1.62 bits per heavy atom. The molecule has 1 aromatic rings. The number of aryl methyl sites for hydroxylation is 3. The molecule has 0 bridgehead atoms. The van der Waals surface area contributed by atoms with Crippen molar-refractivity contribution >= 4 is 5.69 Å². The topological polar surface area (TPSA) is 3.01 Å². The van der Waals surface area contributed by atoms with E-state index in [1.54, 1.807) is 0 Å². The van der Waals surface area contributed by atoms with Crippen LogP contribution in [-0.2, 0) is 0 Å². The Labute approximate surface area is 92.9 Å². The normalized spacial score (nSPS) is 20.1. The highest BCUT2D eigenvalue weighted by molar-refractivity contribution is 5.65. The van der Waals surface area contributed by atoms with Crippen LogP contribution in [0.15, 0.2) is 12.1 Å². The summed E-state index contributed by atoms with van der Waals surface area (Å²) in [7, 11) is 0. The number of rotatable bonds is 1. The zero-order valence-corrected chi connectivity index (χ0v) is 9.52. The molecular weight excluding hydrogens is 215 g/mol. The first-order chi connectivity index (χ1) is 7.30. The Balaban J connectivity index is 2.31. The van der Waals surface area contributed by atoms with Gasteiger partial charge in [-0.3, -0.25) is 0 Å². The van der Waals surface area contributed by atoms with E-state index in [2.05, 4.69) is 0 Å². The third-order valence-electron chi connectivity index (χ3n) is 2.91. The first-order valence-electron chi connectivity index (χ1n) is 5.22. The Morgan fingerprint density at radius 1 is 1.12 bits per heavy atom. The molecule has 1 fully saturated rings. The molecule has 1 saturated heterocycles. The Bertz CT molecular complexity index is 400. The van der Waals surface area contributed by atoms with Crippen molar-refractivity contribution in [2.24, 2.45) is 0 Å². The maximum Gasteiger partial charge on any atom is 0.410 e. The standard InChI is InChI=1S/C12H14F3N/c1-7-4-8(2)11(9(3)5-7)16-6-10(16)12(13,14)15/h4-5,10H,6H2,1-3H3. The molecule has 1 atom stereocenters. The molecule has 1 aromatic carbocycles. The van der Waals surface area contributed by atoms with E-state index in [1.165, 1.54) is 4.90 Å². The lowest BCUT2D eigenvalue weighted by Gasteiger charge is -2.15. The van der Waals surface area contributed by atoms with Gasteiger partial charge in [0.05, 0.1) is 0 Å². The third kappa shape index (κ3) is 1.88. The number of benzene rings is 1. The molecule has 88 valence electrons. The minimum atomic E-state index is -4.11. The van der Waals surface area contributed by atoms with Crippen LogP contribution in [0, 0.1) is 20.8 Å². The second-order valence-corrected chi connectivity index (χ2v) is 4.46. The maximum atomic E-state index is 12.5. The highest BCUT2D eigenvalue weighted by Crippen LogP contribution is 2.41. The summed E-state index contributed by atoms with van der Waals surface area (Å²) < 4.78 is 37.4. The monoisotopic (exact) mass is 229 g/mol. The first-order valence-corrected chi connectivity index (χ1v) is 5.22. The molecular formula is C12H14F3N. The van der Waals surface area contributed by atoms with E-state index in [1.807, 2.05) is 32.9 Å². The molecule has 1 heterocycles. The lowest BCUT2D eigenvalue weighted by Crippen LogP contribution is -2.21. The Morgan fingerprint density at radius 3 is 2.00 bits per heavy atom. The van der Waals surface area contributed by atoms with Crippen LogP contribution < -0.4 is 4.90 Å². The molecule has 1 unspecified atom stereocenters. The van der Waals surface area contributed by atoms with Crippen molar-refractivity contribution < 1.29 is 13.2 Å². The molecule has 0 N–H and O–H groups in total. The molecule has 1 aliphatic rings. The minimum Gasteiger partial charge on any atom is -0.356 e. The summed E-state index contributed by atoms with van der Waals surface area (Å²) in [5, 5.41) is 0. The van der Waals surface area contributed by atoms with Crippen LogP contribution in [-0.4, -0.2) is 18.8 Å². The molecule has 0 aliphatic carbocycles. The fourth-order valence-corrected chi connectivity index (χ4v) is 2.29. The van der Waals surface area contributed by atoms with Gasteiger partial charge in [0.25, 0.3) is 0 Å². The van der Waals surface area contributed by atoms with E-state index in [0.717, 1.165) is 22.4 Å². The average molecular weight is 229 g/mol. The van der Waals surface area contributed by atoms with Gasteiger partial charge < -0.3 is 4.90 Å². The molecule has 2 rings (SSSR count).